The molecule has 1 aromatic carbocycles. The maximum atomic E-state index is 10.1. The number of aryl methyl sites for hydroxylation is 1. The molecule has 0 radical (unpaired) electrons. The van der Waals surface area contributed by atoms with Gasteiger partial charge in [0.15, 0.2) is 0 Å². The number of hydrogen-bond donors (Lipinski definition) is 1. The molecule has 0 fully saturated rings. The van der Waals surface area contributed by atoms with Crippen molar-refractivity contribution in [3.63, 3.8) is 0 Å². The molecule has 1 heterocycles. The SMILES string of the molecule is Cc1ccc2sc(C(O)COCCN(C)C)cc2c1. The minimum atomic E-state index is -0.528. The van der Waals surface area contributed by atoms with Crippen molar-refractivity contribution in [1.29, 1.82) is 0 Å². The zero-order valence-corrected chi connectivity index (χ0v) is 12.5. The fourth-order valence-corrected chi connectivity index (χ4v) is 2.89. The van der Waals surface area contributed by atoms with Gasteiger partial charge >= 0.3 is 0 Å². The Bertz CT molecular complexity index is 536. The van der Waals surface area contributed by atoms with Gasteiger partial charge in [0.2, 0.25) is 0 Å². The number of likely N-dealkylation sites (N-methyl/N-ethyl adjacent to an activating group) is 1. The minimum Gasteiger partial charge on any atom is -0.385 e. The van der Waals surface area contributed by atoms with Gasteiger partial charge in [-0.3, -0.25) is 0 Å². The van der Waals surface area contributed by atoms with Crippen molar-refractivity contribution in [3.05, 3.63) is 34.7 Å². The zero-order valence-electron chi connectivity index (χ0n) is 11.7. The summed E-state index contributed by atoms with van der Waals surface area (Å²) < 4.78 is 6.71. The van der Waals surface area contributed by atoms with Crippen LogP contribution in [0.1, 0.15) is 16.5 Å². The van der Waals surface area contributed by atoms with Gasteiger partial charge in [-0.25, -0.2) is 0 Å². The molecular formula is C15H21NO2S. The van der Waals surface area contributed by atoms with E-state index in [1.807, 2.05) is 14.1 Å². The third-order valence-corrected chi connectivity index (χ3v) is 4.20. The number of nitrogens with zero attached hydrogens (tertiary/aromatic N) is 1. The first kappa shape index (κ1) is 14.5. The van der Waals surface area contributed by atoms with Gasteiger partial charge < -0.3 is 14.7 Å². The highest BCUT2D eigenvalue weighted by Crippen LogP contribution is 2.30. The highest BCUT2D eigenvalue weighted by Gasteiger charge is 2.11. The summed E-state index contributed by atoms with van der Waals surface area (Å²) in [7, 11) is 4.02. The molecule has 3 nitrogen and oxygen atoms in total. The molecule has 2 aromatic rings. The monoisotopic (exact) mass is 279 g/mol. The Morgan fingerprint density at radius 2 is 2.11 bits per heavy atom. The van der Waals surface area contributed by atoms with E-state index in [4.69, 9.17) is 4.74 Å². The van der Waals surface area contributed by atoms with Crippen LogP contribution in [-0.2, 0) is 4.74 Å². The van der Waals surface area contributed by atoms with Crippen LogP contribution in [-0.4, -0.2) is 43.9 Å². The lowest BCUT2D eigenvalue weighted by Crippen LogP contribution is -2.19. The molecule has 0 bridgehead atoms. The van der Waals surface area contributed by atoms with Crippen molar-refractivity contribution in [2.45, 2.75) is 13.0 Å². The second kappa shape index (κ2) is 6.48. The van der Waals surface area contributed by atoms with E-state index in [1.165, 1.54) is 15.6 Å². The number of aliphatic hydroxyl groups is 1. The summed E-state index contributed by atoms with van der Waals surface area (Å²) in [5.74, 6) is 0. The Hall–Kier alpha value is -0.940. The smallest absolute Gasteiger partial charge is 0.111 e. The molecule has 0 spiro atoms. The number of hydrogen-bond acceptors (Lipinski definition) is 4. The van der Waals surface area contributed by atoms with Crippen LogP contribution in [0.3, 0.4) is 0 Å². The van der Waals surface area contributed by atoms with Crippen molar-refractivity contribution >= 4 is 21.4 Å². The summed E-state index contributed by atoms with van der Waals surface area (Å²) >= 11 is 1.64. The Balaban J connectivity index is 1.95. The molecule has 0 saturated heterocycles. The van der Waals surface area contributed by atoms with Crippen LogP contribution in [0.5, 0.6) is 0 Å². The number of ether oxygens (including phenoxy) is 1. The predicted molar refractivity (Wildman–Crippen MR) is 80.9 cm³/mol. The van der Waals surface area contributed by atoms with Gasteiger partial charge in [-0.2, -0.15) is 0 Å². The lowest BCUT2D eigenvalue weighted by Gasteiger charge is -2.12. The summed E-state index contributed by atoms with van der Waals surface area (Å²) in [5, 5.41) is 11.3. The summed E-state index contributed by atoms with van der Waals surface area (Å²) in [5.41, 5.74) is 1.24. The lowest BCUT2D eigenvalue weighted by atomic mass is 10.2. The zero-order chi connectivity index (χ0) is 13.8. The van der Waals surface area contributed by atoms with Crippen LogP contribution < -0.4 is 0 Å². The second-order valence-electron chi connectivity index (χ2n) is 5.08. The summed E-state index contributed by atoms with van der Waals surface area (Å²) in [6, 6.07) is 8.42. The molecule has 19 heavy (non-hydrogen) atoms. The van der Waals surface area contributed by atoms with Gasteiger partial charge in [-0.05, 0) is 38.5 Å². The van der Waals surface area contributed by atoms with Crippen LogP contribution in [0.2, 0.25) is 0 Å². The number of aliphatic hydroxyl groups excluding tert-OH is 1. The predicted octanol–water partition coefficient (Wildman–Crippen LogP) is 2.82. The van der Waals surface area contributed by atoms with Gasteiger partial charge in [-0.15, -0.1) is 11.3 Å². The summed E-state index contributed by atoms with van der Waals surface area (Å²) in [6.07, 6.45) is -0.528. The maximum Gasteiger partial charge on any atom is 0.111 e. The highest BCUT2D eigenvalue weighted by molar-refractivity contribution is 7.19. The third kappa shape index (κ3) is 4.01. The topological polar surface area (TPSA) is 32.7 Å². The Morgan fingerprint density at radius 3 is 2.84 bits per heavy atom. The summed E-state index contributed by atoms with van der Waals surface area (Å²) in [4.78, 5) is 3.04. The number of fused-ring (bicyclic) bond motifs is 1. The Morgan fingerprint density at radius 1 is 1.32 bits per heavy atom. The van der Waals surface area contributed by atoms with Crippen molar-refractivity contribution in [2.24, 2.45) is 0 Å². The standard InChI is InChI=1S/C15H21NO2S/c1-11-4-5-14-12(8-11)9-15(19-14)13(17)10-18-7-6-16(2)3/h4-5,8-9,13,17H,6-7,10H2,1-3H3. The van der Waals surface area contributed by atoms with Gasteiger partial charge in [0.1, 0.15) is 6.10 Å². The quantitative estimate of drug-likeness (QED) is 0.825. The summed E-state index contributed by atoms with van der Waals surface area (Å²) in [6.45, 7) is 3.96. The molecule has 2 rings (SSSR count). The first-order chi connectivity index (χ1) is 9.06. The third-order valence-electron chi connectivity index (χ3n) is 2.98. The van der Waals surface area contributed by atoms with Crippen molar-refractivity contribution in [2.75, 3.05) is 33.9 Å². The lowest BCUT2D eigenvalue weighted by molar-refractivity contribution is 0.0323. The fourth-order valence-electron chi connectivity index (χ4n) is 1.87. The molecular weight excluding hydrogens is 258 g/mol. The molecule has 0 aliphatic heterocycles. The molecule has 1 unspecified atom stereocenters. The van der Waals surface area contributed by atoms with E-state index in [2.05, 4.69) is 36.1 Å². The van der Waals surface area contributed by atoms with E-state index in [9.17, 15) is 5.11 Å². The van der Waals surface area contributed by atoms with Crippen LogP contribution >= 0.6 is 11.3 Å². The van der Waals surface area contributed by atoms with Crippen LogP contribution in [0.4, 0.5) is 0 Å². The fraction of sp³-hybridized carbons (Fsp3) is 0.467. The number of thiophene rings is 1. The first-order valence-corrected chi connectivity index (χ1v) is 7.28. The molecule has 1 aromatic heterocycles. The van der Waals surface area contributed by atoms with Crippen molar-refractivity contribution in [1.82, 2.24) is 4.90 Å². The molecule has 0 amide bonds. The second-order valence-corrected chi connectivity index (χ2v) is 6.20. The van der Waals surface area contributed by atoms with Gasteiger partial charge in [0.25, 0.3) is 0 Å². The van der Waals surface area contributed by atoms with E-state index >= 15 is 0 Å². The molecule has 4 heteroatoms. The van der Waals surface area contributed by atoms with Gasteiger partial charge in [-0.1, -0.05) is 17.7 Å². The van der Waals surface area contributed by atoms with E-state index in [0.717, 1.165) is 11.4 Å². The molecule has 0 aliphatic carbocycles. The van der Waals surface area contributed by atoms with Gasteiger partial charge in [0, 0.05) is 16.1 Å². The minimum absolute atomic E-state index is 0.361. The van der Waals surface area contributed by atoms with E-state index in [1.54, 1.807) is 11.3 Å². The Labute approximate surface area is 118 Å². The van der Waals surface area contributed by atoms with Crippen molar-refractivity contribution < 1.29 is 9.84 Å². The average molecular weight is 279 g/mol. The highest BCUT2D eigenvalue weighted by atomic mass is 32.1. The Kier molecular flexibility index (Phi) is 4.93. The van der Waals surface area contributed by atoms with Crippen LogP contribution in [0.25, 0.3) is 10.1 Å². The van der Waals surface area contributed by atoms with E-state index in [0.29, 0.717) is 13.2 Å². The van der Waals surface area contributed by atoms with Crippen LogP contribution in [0.15, 0.2) is 24.3 Å². The molecule has 104 valence electrons. The molecule has 0 saturated carbocycles. The van der Waals surface area contributed by atoms with Gasteiger partial charge in [0.05, 0.1) is 13.2 Å². The van der Waals surface area contributed by atoms with E-state index < -0.39 is 6.10 Å². The maximum absolute atomic E-state index is 10.1. The molecule has 0 aliphatic rings. The first-order valence-electron chi connectivity index (χ1n) is 6.47. The number of benzene rings is 1. The normalized spacial score (nSPS) is 13.3. The average Bonchev–Trinajstić information content (AvgIpc) is 2.77. The van der Waals surface area contributed by atoms with Crippen molar-refractivity contribution in [3.8, 4) is 0 Å². The van der Waals surface area contributed by atoms with E-state index in [-0.39, 0.29) is 0 Å². The van der Waals surface area contributed by atoms with Crippen LogP contribution in [0, 0.1) is 6.92 Å². The largest absolute Gasteiger partial charge is 0.385 e. The number of rotatable bonds is 6. The molecule has 1 N–H and O–H groups in total. The molecule has 1 atom stereocenters.